The fourth-order valence-electron chi connectivity index (χ4n) is 1.45. The molecule has 1 aromatic rings. The summed E-state index contributed by atoms with van der Waals surface area (Å²) < 4.78 is 28.4. The second kappa shape index (κ2) is 8.05. The zero-order valence-electron chi connectivity index (χ0n) is 9.48. The summed E-state index contributed by atoms with van der Waals surface area (Å²) in [5.41, 5.74) is 3.75. The van der Waals surface area contributed by atoms with E-state index < -0.39 is 13.0 Å². The van der Waals surface area contributed by atoms with Crippen LogP contribution in [0.15, 0.2) is 24.5 Å². The Morgan fingerprint density at radius 1 is 1.35 bits per heavy atom. The molecule has 1 heterocycles. The molecule has 0 bridgehead atoms. The summed E-state index contributed by atoms with van der Waals surface area (Å²) in [6.45, 7) is -0.253. The average molecular weight is 245 g/mol. The third-order valence-electron chi connectivity index (χ3n) is 2.32. The van der Waals surface area contributed by atoms with Crippen LogP contribution in [-0.4, -0.2) is 30.7 Å². The number of hydrazine groups is 1. The highest BCUT2D eigenvalue weighted by Crippen LogP contribution is 2.04. The van der Waals surface area contributed by atoms with E-state index in [9.17, 15) is 8.78 Å². The van der Waals surface area contributed by atoms with E-state index >= 15 is 0 Å². The number of aromatic nitrogens is 1. The lowest BCUT2D eigenvalue weighted by Gasteiger charge is -2.15. The van der Waals surface area contributed by atoms with Crippen LogP contribution in [0.5, 0.6) is 0 Å². The van der Waals surface area contributed by atoms with Crippen molar-refractivity contribution in [2.24, 2.45) is 5.84 Å². The molecule has 96 valence electrons. The molecule has 0 aromatic carbocycles. The second-order valence-corrected chi connectivity index (χ2v) is 3.68. The molecule has 0 amide bonds. The predicted octanol–water partition coefficient (Wildman–Crippen LogP) is 1.13. The monoisotopic (exact) mass is 245 g/mol. The van der Waals surface area contributed by atoms with Crippen molar-refractivity contribution in [2.75, 3.05) is 13.2 Å². The summed E-state index contributed by atoms with van der Waals surface area (Å²) in [5, 5.41) is 0. The van der Waals surface area contributed by atoms with Crippen molar-refractivity contribution in [2.45, 2.75) is 25.3 Å². The molecule has 1 unspecified atom stereocenters. The summed E-state index contributed by atoms with van der Waals surface area (Å²) in [6, 6.07) is 3.80. The number of pyridine rings is 1. The first kappa shape index (κ1) is 14.0. The Morgan fingerprint density at radius 2 is 2.06 bits per heavy atom. The van der Waals surface area contributed by atoms with E-state index in [1.165, 1.54) is 0 Å². The molecule has 0 radical (unpaired) electrons. The lowest BCUT2D eigenvalue weighted by Crippen LogP contribution is -2.37. The van der Waals surface area contributed by atoms with Crippen molar-refractivity contribution < 1.29 is 13.5 Å². The summed E-state index contributed by atoms with van der Waals surface area (Å²) in [7, 11) is 0. The van der Waals surface area contributed by atoms with Gasteiger partial charge in [-0.05, 0) is 30.5 Å². The highest BCUT2D eigenvalue weighted by atomic mass is 19.3. The third kappa shape index (κ3) is 6.25. The first-order chi connectivity index (χ1) is 8.22. The SMILES string of the molecule is NNC(CCOCC(F)F)Cc1ccncc1. The molecule has 3 N–H and O–H groups in total. The molecule has 0 spiro atoms. The highest BCUT2D eigenvalue weighted by Gasteiger charge is 2.08. The van der Waals surface area contributed by atoms with E-state index in [0.717, 1.165) is 12.0 Å². The van der Waals surface area contributed by atoms with E-state index in [0.29, 0.717) is 6.42 Å². The van der Waals surface area contributed by atoms with Gasteiger partial charge in [-0.1, -0.05) is 0 Å². The second-order valence-electron chi connectivity index (χ2n) is 3.68. The molecule has 1 rings (SSSR count). The Balaban J connectivity index is 2.24. The molecule has 0 fully saturated rings. The molecule has 6 heteroatoms. The van der Waals surface area contributed by atoms with Crippen molar-refractivity contribution >= 4 is 0 Å². The normalized spacial score (nSPS) is 12.9. The molecule has 0 saturated heterocycles. The molecule has 0 aliphatic heterocycles. The topological polar surface area (TPSA) is 60.2 Å². The Labute approximate surface area is 99.1 Å². The van der Waals surface area contributed by atoms with Crippen molar-refractivity contribution in [1.29, 1.82) is 0 Å². The fourth-order valence-corrected chi connectivity index (χ4v) is 1.45. The summed E-state index contributed by atoms with van der Waals surface area (Å²) >= 11 is 0. The van der Waals surface area contributed by atoms with Crippen LogP contribution < -0.4 is 11.3 Å². The molecule has 17 heavy (non-hydrogen) atoms. The van der Waals surface area contributed by atoms with Crippen molar-refractivity contribution in [1.82, 2.24) is 10.4 Å². The van der Waals surface area contributed by atoms with Gasteiger partial charge in [0.1, 0.15) is 6.61 Å². The van der Waals surface area contributed by atoms with Gasteiger partial charge in [-0.2, -0.15) is 0 Å². The molecule has 1 aromatic heterocycles. The first-order valence-electron chi connectivity index (χ1n) is 5.43. The van der Waals surface area contributed by atoms with E-state index in [2.05, 4.69) is 10.4 Å². The number of ether oxygens (including phenoxy) is 1. The van der Waals surface area contributed by atoms with Crippen LogP contribution in [0.25, 0.3) is 0 Å². The first-order valence-corrected chi connectivity index (χ1v) is 5.43. The number of nitrogens with two attached hydrogens (primary N) is 1. The quantitative estimate of drug-likeness (QED) is 0.409. The zero-order valence-corrected chi connectivity index (χ0v) is 9.48. The van der Waals surface area contributed by atoms with E-state index in [1.807, 2.05) is 12.1 Å². The molecule has 0 aliphatic carbocycles. The van der Waals surface area contributed by atoms with Crippen LogP contribution in [-0.2, 0) is 11.2 Å². The van der Waals surface area contributed by atoms with Gasteiger partial charge in [0.2, 0.25) is 0 Å². The van der Waals surface area contributed by atoms with Gasteiger partial charge < -0.3 is 4.74 Å². The number of hydrogen-bond acceptors (Lipinski definition) is 4. The number of rotatable bonds is 8. The van der Waals surface area contributed by atoms with Gasteiger partial charge >= 0.3 is 0 Å². The lowest BCUT2D eigenvalue weighted by molar-refractivity contribution is 0.0144. The zero-order chi connectivity index (χ0) is 12.5. The highest BCUT2D eigenvalue weighted by molar-refractivity contribution is 5.11. The average Bonchev–Trinajstić information content (AvgIpc) is 2.34. The lowest BCUT2D eigenvalue weighted by atomic mass is 10.1. The fraction of sp³-hybridized carbons (Fsp3) is 0.545. The minimum Gasteiger partial charge on any atom is -0.375 e. The Kier molecular flexibility index (Phi) is 6.61. The van der Waals surface area contributed by atoms with Crippen LogP contribution in [0.2, 0.25) is 0 Å². The van der Waals surface area contributed by atoms with Crippen LogP contribution in [0, 0.1) is 0 Å². The number of nitrogens with one attached hydrogen (secondary N) is 1. The third-order valence-corrected chi connectivity index (χ3v) is 2.32. The van der Waals surface area contributed by atoms with Crippen molar-refractivity contribution in [3.05, 3.63) is 30.1 Å². The summed E-state index contributed by atoms with van der Waals surface area (Å²) in [6.07, 6.45) is 2.30. The van der Waals surface area contributed by atoms with Crippen molar-refractivity contribution in [3.8, 4) is 0 Å². The van der Waals surface area contributed by atoms with E-state index in [4.69, 9.17) is 10.6 Å². The maximum atomic E-state index is 11.8. The Hall–Kier alpha value is -1.11. The number of alkyl halides is 2. The Bertz CT molecular complexity index is 298. The van der Waals surface area contributed by atoms with Gasteiger partial charge in [-0.3, -0.25) is 16.3 Å². The molecular weight excluding hydrogens is 228 g/mol. The maximum Gasteiger partial charge on any atom is 0.261 e. The molecule has 0 saturated carbocycles. The van der Waals surface area contributed by atoms with Crippen LogP contribution in [0.3, 0.4) is 0 Å². The van der Waals surface area contributed by atoms with Gasteiger partial charge in [0, 0.05) is 25.0 Å². The van der Waals surface area contributed by atoms with Gasteiger partial charge in [0.05, 0.1) is 0 Å². The van der Waals surface area contributed by atoms with Gasteiger partial charge in [0.15, 0.2) is 0 Å². The largest absolute Gasteiger partial charge is 0.375 e. The molecular formula is C11H17F2N3O. The van der Waals surface area contributed by atoms with Crippen LogP contribution >= 0.6 is 0 Å². The summed E-state index contributed by atoms with van der Waals surface area (Å²) in [4.78, 5) is 3.91. The van der Waals surface area contributed by atoms with E-state index in [-0.39, 0.29) is 12.6 Å². The summed E-state index contributed by atoms with van der Waals surface area (Å²) in [5.74, 6) is 5.39. The molecule has 1 atom stereocenters. The van der Waals surface area contributed by atoms with E-state index in [1.54, 1.807) is 12.4 Å². The van der Waals surface area contributed by atoms with Crippen molar-refractivity contribution in [3.63, 3.8) is 0 Å². The van der Waals surface area contributed by atoms with Crippen LogP contribution in [0.4, 0.5) is 8.78 Å². The predicted molar refractivity (Wildman–Crippen MR) is 60.5 cm³/mol. The molecule has 0 aliphatic rings. The van der Waals surface area contributed by atoms with Crippen LogP contribution in [0.1, 0.15) is 12.0 Å². The van der Waals surface area contributed by atoms with Gasteiger partial charge in [-0.15, -0.1) is 0 Å². The Morgan fingerprint density at radius 3 is 2.65 bits per heavy atom. The minimum absolute atomic E-state index is 0.00933. The van der Waals surface area contributed by atoms with Gasteiger partial charge in [0.25, 0.3) is 6.43 Å². The number of halogens is 2. The number of hydrogen-bond donors (Lipinski definition) is 2. The number of nitrogens with zero attached hydrogens (tertiary/aromatic N) is 1. The smallest absolute Gasteiger partial charge is 0.261 e. The van der Waals surface area contributed by atoms with Gasteiger partial charge in [-0.25, -0.2) is 8.78 Å². The molecule has 4 nitrogen and oxygen atoms in total. The standard InChI is InChI=1S/C11H17F2N3O/c12-11(13)8-17-6-3-10(16-14)7-9-1-4-15-5-2-9/h1-2,4-5,10-11,16H,3,6-8,14H2. The maximum absolute atomic E-state index is 11.8. The minimum atomic E-state index is -2.42.